The molecule has 0 aromatic carbocycles. The van der Waals surface area contributed by atoms with Gasteiger partial charge in [-0.1, -0.05) is 41.5 Å². The van der Waals surface area contributed by atoms with Crippen molar-refractivity contribution in [1.82, 2.24) is 4.90 Å². The Labute approximate surface area is 118 Å². The minimum absolute atomic E-state index is 0.0220. The maximum atomic E-state index is 11.9. The summed E-state index contributed by atoms with van der Waals surface area (Å²) in [6, 6.07) is 0.217. The molecular formula is C16H30N2O. The molecule has 0 saturated carbocycles. The Hall–Kier alpha value is -1.12. The van der Waals surface area contributed by atoms with Crippen LogP contribution in [0.1, 0.15) is 55.4 Å². The molecule has 0 aliphatic carbocycles. The zero-order valence-corrected chi connectivity index (χ0v) is 13.8. The maximum absolute atomic E-state index is 11.9. The van der Waals surface area contributed by atoms with Gasteiger partial charge >= 0.3 is 0 Å². The molecule has 0 unspecified atom stereocenters. The summed E-state index contributed by atoms with van der Waals surface area (Å²) < 4.78 is 0. The van der Waals surface area contributed by atoms with E-state index in [0.717, 1.165) is 5.70 Å². The molecule has 0 saturated heterocycles. The lowest BCUT2D eigenvalue weighted by Gasteiger charge is -2.27. The number of nitrogens with zero attached hydrogens (tertiary/aromatic N) is 2. The van der Waals surface area contributed by atoms with Gasteiger partial charge in [0.05, 0.1) is 6.21 Å². The fourth-order valence-electron chi connectivity index (χ4n) is 2.06. The van der Waals surface area contributed by atoms with Crippen LogP contribution in [0, 0.1) is 11.8 Å². The smallest absolute Gasteiger partial charge is 0.265 e. The van der Waals surface area contributed by atoms with E-state index in [1.807, 2.05) is 32.6 Å². The van der Waals surface area contributed by atoms with E-state index < -0.39 is 0 Å². The Kier molecular flexibility index (Phi) is 7.65. The van der Waals surface area contributed by atoms with Crippen molar-refractivity contribution in [3.63, 3.8) is 0 Å². The molecule has 1 amide bonds. The molecule has 0 aromatic rings. The number of aliphatic imine (C=N–C) groups is 1. The van der Waals surface area contributed by atoms with E-state index in [1.165, 1.54) is 11.8 Å². The largest absolute Gasteiger partial charge is 0.331 e. The topological polar surface area (TPSA) is 32.7 Å². The summed E-state index contributed by atoms with van der Waals surface area (Å²) in [5.41, 5.74) is 2.37. The summed E-state index contributed by atoms with van der Waals surface area (Å²) in [6.45, 7) is 17.4. The van der Waals surface area contributed by atoms with Crippen molar-refractivity contribution in [3.05, 3.63) is 11.3 Å². The number of amides is 1. The van der Waals surface area contributed by atoms with Crippen LogP contribution in [0.15, 0.2) is 16.3 Å². The third-order valence-corrected chi connectivity index (χ3v) is 3.13. The Bertz CT molecular complexity index is 352. The predicted molar refractivity (Wildman–Crippen MR) is 83.4 cm³/mol. The number of allylic oxidation sites excluding steroid dienone is 1. The van der Waals surface area contributed by atoms with Gasteiger partial charge in [-0.15, -0.1) is 0 Å². The molecule has 3 heteroatoms. The highest BCUT2D eigenvalue weighted by molar-refractivity contribution is 6.26. The fraction of sp³-hybridized carbons (Fsp3) is 0.750. The lowest BCUT2D eigenvalue weighted by atomic mass is 9.95. The minimum atomic E-state index is 0.0220. The summed E-state index contributed by atoms with van der Waals surface area (Å²) in [7, 11) is 0. The van der Waals surface area contributed by atoms with Gasteiger partial charge in [0.2, 0.25) is 0 Å². The number of rotatable bonds is 3. The van der Waals surface area contributed by atoms with E-state index in [4.69, 9.17) is 0 Å². The van der Waals surface area contributed by atoms with Crippen LogP contribution in [0.2, 0.25) is 0 Å². The monoisotopic (exact) mass is 266 g/mol. The number of carbonyl (C=O) groups excluding carboxylic acids is 1. The first-order chi connectivity index (χ1) is 8.84. The van der Waals surface area contributed by atoms with Crippen LogP contribution in [0.4, 0.5) is 0 Å². The van der Waals surface area contributed by atoms with Crippen molar-refractivity contribution in [2.24, 2.45) is 16.8 Å². The lowest BCUT2D eigenvalue weighted by Crippen LogP contribution is -2.39. The van der Waals surface area contributed by atoms with E-state index in [-0.39, 0.29) is 11.9 Å². The highest BCUT2D eigenvalue weighted by Gasteiger charge is 2.24. The van der Waals surface area contributed by atoms with Crippen molar-refractivity contribution in [3.8, 4) is 0 Å². The normalized spacial score (nSPS) is 16.2. The molecule has 19 heavy (non-hydrogen) atoms. The number of hydrogen-bond donors (Lipinski definition) is 0. The second-order valence-corrected chi connectivity index (χ2v) is 5.54. The zero-order chi connectivity index (χ0) is 15.2. The van der Waals surface area contributed by atoms with E-state index in [9.17, 15) is 4.79 Å². The summed E-state index contributed by atoms with van der Waals surface area (Å²) in [4.78, 5) is 18.2. The van der Waals surface area contributed by atoms with Gasteiger partial charge in [-0.25, -0.2) is 0 Å². The molecule has 110 valence electrons. The van der Waals surface area contributed by atoms with Gasteiger partial charge in [-0.05, 0) is 31.3 Å². The van der Waals surface area contributed by atoms with Crippen LogP contribution in [0.3, 0.4) is 0 Å². The first kappa shape index (κ1) is 17.9. The standard InChI is InChI=1S/C14H24N2O.C2H6/c1-9(2)12-8-16(11(5)6)13(17)7-15-14(12)10(3)4;1-2/h7,9-11H,8H2,1-6H3;1-2H3. The second-order valence-electron chi connectivity index (χ2n) is 5.54. The molecule has 3 nitrogen and oxygen atoms in total. The third kappa shape index (κ3) is 4.81. The fourth-order valence-corrected chi connectivity index (χ4v) is 2.06. The van der Waals surface area contributed by atoms with Crippen LogP contribution in [-0.2, 0) is 4.79 Å². The molecule has 1 heterocycles. The van der Waals surface area contributed by atoms with Crippen molar-refractivity contribution < 1.29 is 4.79 Å². The molecule has 1 rings (SSSR count). The number of carbonyl (C=O) groups is 1. The third-order valence-electron chi connectivity index (χ3n) is 3.13. The average molecular weight is 266 g/mol. The summed E-state index contributed by atoms with van der Waals surface area (Å²) in [6.07, 6.45) is 1.48. The lowest BCUT2D eigenvalue weighted by molar-refractivity contribution is -0.124. The molecule has 0 radical (unpaired) electrons. The minimum Gasteiger partial charge on any atom is -0.331 e. The highest BCUT2D eigenvalue weighted by atomic mass is 16.2. The summed E-state index contributed by atoms with van der Waals surface area (Å²) >= 11 is 0. The molecular weight excluding hydrogens is 236 g/mol. The SMILES string of the molecule is CC.CC(C)C1=C(C(C)C)N=CC(=O)N(C(C)C)C1. The molecule has 0 atom stereocenters. The average Bonchev–Trinajstić information content (AvgIpc) is 2.51. The van der Waals surface area contributed by atoms with Gasteiger partial charge in [-0.3, -0.25) is 9.79 Å². The Morgan fingerprint density at radius 2 is 1.58 bits per heavy atom. The van der Waals surface area contributed by atoms with Crippen LogP contribution >= 0.6 is 0 Å². The molecule has 0 bridgehead atoms. The Morgan fingerprint density at radius 1 is 1.05 bits per heavy atom. The predicted octanol–water partition coefficient (Wildman–Crippen LogP) is 3.90. The first-order valence-electron chi connectivity index (χ1n) is 7.42. The molecule has 1 aliphatic rings. The van der Waals surface area contributed by atoms with Crippen LogP contribution in [-0.4, -0.2) is 29.6 Å². The van der Waals surface area contributed by atoms with Gasteiger partial charge < -0.3 is 4.90 Å². The van der Waals surface area contributed by atoms with Gasteiger partial charge in [0, 0.05) is 18.3 Å². The van der Waals surface area contributed by atoms with Crippen LogP contribution < -0.4 is 0 Å². The Balaban J connectivity index is 0.00000154. The molecule has 0 N–H and O–H groups in total. The van der Waals surface area contributed by atoms with Crippen molar-refractivity contribution >= 4 is 12.1 Å². The first-order valence-corrected chi connectivity index (χ1v) is 7.42. The molecule has 0 aromatic heterocycles. The van der Waals surface area contributed by atoms with Crippen molar-refractivity contribution in [1.29, 1.82) is 0 Å². The zero-order valence-electron chi connectivity index (χ0n) is 13.8. The molecule has 1 aliphatic heterocycles. The van der Waals surface area contributed by atoms with Gasteiger partial charge in [0.15, 0.2) is 0 Å². The van der Waals surface area contributed by atoms with Crippen LogP contribution in [0.25, 0.3) is 0 Å². The van der Waals surface area contributed by atoms with E-state index in [0.29, 0.717) is 18.4 Å². The van der Waals surface area contributed by atoms with Crippen molar-refractivity contribution in [2.75, 3.05) is 6.54 Å². The van der Waals surface area contributed by atoms with Gasteiger partial charge in [0.25, 0.3) is 5.91 Å². The van der Waals surface area contributed by atoms with E-state index in [2.05, 4.69) is 32.7 Å². The maximum Gasteiger partial charge on any atom is 0.265 e. The second kappa shape index (κ2) is 8.13. The quantitative estimate of drug-likeness (QED) is 0.762. The van der Waals surface area contributed by atoms with Crippen LogP contribution in [0.5, 0.6) is 0 Å². The number of hydrogen-bond acceptors (Lipinski definition) is 2. The van der Waals surface area contributed by atoms with E-state index >= 15 is 0 Å². The summed E-state index contributed by atoms with van der Waals surface area (Å²) in [5.74, 6) is 0.814. The van der Waals surface area contributed by atoms with Gasteiger partial charge in [0.1, 0.15) is 0 Å². The highest BCUT2D eigenvalue weighted by Crippen LogP contribution is 2.25. The summed E-state index contributed by atoms with van der Waals surface area (Å²) in [5, 5.41) is 0. The van der Waals surface area contributed by atoms with Gasteiger partial charge in [-0.2, -0.15) is 0 Å². The van der Waals surface area contributed by atoms with E-state index in [1.54, 1.807) is 0 Å². The Morgan fingerprint density at radius 3 is 1.95 bits per heavy atom. The van der Waals surface area contributed by atoms with Crippen molar-refractivity contribution in [2.45, 2.75) is 61.4 Å². The molecule has 0 spiro atoms. The molecule has 0 fully saturated rings.